The van der Waals surface area contributed by atoms with Crippen molar-refractivity contribution in [1.29, 1.82) is 0 Å². The molecule has 37 heavy (non-hydrogen) atoms. The molecule has 2 aromatic carbocycles. The first kappa shape index (κ1) is 25.0. The number of rotatable bonds is 6. The number of halogens is 3. The van der Waals surface area contributed by atoms with Crippen molar-refractivity contribution in [2.24, 2.45) is 0 Å². The van der Waals surface area contributed by atoms with Gasteiger partial charge in [0, 0.05) is 57.1 Å². The number of benzene rings is 2. The molecule has 1 saturated heterocycles. The van der Waals surface area contributed by atoms with E-state index >= 15 is 0 Å². The van der Waals surface area contributed by atoms with Gasteiger partial charge in [-0.2, -0.15) is 0 Å². The third kappa shape index (κ3) is 5.55. The van der Waals surface area contributed by atoms with E-state index in [9.17, 15) is 23.1 Å². The first-order valence-electron chi connectivity index (χ1n) is 12.2. The van der Waals surface area contributed by atoms with Crippen molar-refractivity contribution in [3.05, 3.63) is 70.7 Å². The molecule has 2 aliphatic rings. The predicted molar refractivity (Wildman–Crippen MR) is 136 cm³/mol. The van der Waals surface area contributed by atoms with E-state index in [1.165, 1.54) is 18.3 Å². The van der Waals surface area contributed by atoms with Crippen LogP contribution in [0.25, 0.3) is 0 Å². The number of hydrogen-bond donors (Lipinski definition) is 3. The Hall–Kier alpha value is -3.63. The molecule has 3 heterocycles. The van der Waals surface area contributed by atoms with Crippen LogP contribution in [0.2, 0.25) is 0 Å². The Morgan fingerprint density at radius 2 is 1.84 bits per heavy atom. The number of aryl methyl sites for hydroxylation is 1. The normalized spacial score (nSPS) is 16.2. The lowest BCUT2D eigenvalue weighted by Crippen LogP contribution is -2.47. The van der Waals surface area contributed by atoms with Gasteiger partial charge in [0.1, 0.15) is 17.4 Å². The number of phenolic OH excluding ortho intramolecular Hbond substituents is 1. The molecule has 194 valence electrons. The van der Waals surface area contributed by atoms with Crippen LogP contribution in [-0.2, 0) is 13.0 Å². The van der Waals surface area contributed by atoms with Gasteiger partial charge in [-0.1, -0.05) is 12.1 Å². The van der Waals surface area contributed by atoms with Crippen molar-refractivity contribution in [2.45, 2.75) is 26.3 Å². The molecule has 0 radical (unpaired) electrons. The Balaban J connectivity index is 1.33. The molecule has 5 rings (SSSR count). The minimum Gasteiger partial charge on any atom is -0.508 e. The fourth-order valence-electron chi connectivity index (χ4n) is 4.83. The summed E-state index contributed by atoms with van der Waals surface area (Å²) in [7, 11) is 0. The number of hydrogen-bond acceptors (Lipinski definition) is 7. The van der Waals surface area contributed by atoms with E-state index in [0.717, 1.165) is 16.8 Å². The highest BCUT2D eigenvalue weighted by Crippen LogP contribution is 2.35. The number of fused-ring (bicyclic) bond motifs is 2. The molecule has 7 nitrogen and oxygen atoms in total. The fourth-order valence-corrected chi connectivity index (χ4v) is 4.83. The molecule has 0 aliphatic carbocycles. The Morgan fingerprint density at radius 3 is 2.59 bits per heavy atom. The van der Waals surface area contributed by atoms with Crippen LogP contribution in [0, 0.1) is 12.7 Å². The fraction of sp³-hybridized carbons (Fsp3) is 0.333. The van der Waals surface area contributed by atoms with Crippen molar-refractivity contribution in [2.75, 3.05) is 43.4 Å². The van der Waals surface area contributed by atoms with Gasteiger partial charge in [-0.15, -0.1) is 0 Å². The number of carbonyl (C=O) groups is 1. The summed E-state index contributed by atoms with van der Waals surface area (Å²) in [6.45, 7) is 4.69. The minimum absolute atomic E-state index is 0.0520. The smallest absolute Gasteiger partial charge is 0.251 e. The van der Waals surface area contributed by atoms with E-state index in [4.69, 9.17) is 0 Å². The average molecular weight is 512 g/mol. The largest absolute Gasteiger partial charge is 0.508 e. The molecule has 3 aromatic rings. The number of nitrogens with zero attached hydrogens (tertiary/aromatic N) is 3. The average Bonchev–Trinajstić information content (AvgIpc) is 2.99. The number of ketones is 1. The summed E-state index contributed by atoms with van der Waals surface area (Å²) in [4.78, 5) is 21.7. The summed E-state index contributed by atoms with van der Waals surface area (Å²) in [5.41, 5.74) is 3.79. The molecular formula is C27H28F3N5O2. The van der Waals surface area contributed by atoms with Crippen molar-refractivity contribution < 1.29 is 23.1 Å². The first-order valence-corrected chi connectivity index (χ1v) is 12.2. The number of aromatic nitrogens is 1. The summed E-state index contributed by atoms with van der Waals surface area (Å²) >= 11 is 0. The van der Waals surface area contributed by atoms with Crippen LogP contribution in [-0.4, -0.2) is 64.8 Å². The summed E-state index contributed by atoms with van der Waals surface area (Å²) in [5, 5.41) is 16.2. The Bertz CT molecular complexity index is 1330. The van der Waals surface area contributed by atoms with Gasteiger partial charge in [0.05, 0.1) is 23.5 Å². The molecule has 0 bridgehead atoms. The maximum atomic E-state index is 14.5. The molecule has 0 unspecified atom stereocenters. The van der Waals surface area contributed by atoms with E-state index in [1.54, 1.807) is 17.9 Å². The maximum absolute atomic E-state index is 14.5. The van der Waals surface area contributed by atoms with Gasteiger partial charge >= 0.3 is 0 Å². The van der Waals surface area contributed by atoms with E-state index < -0.39 is 12.2 Å². The van der Waals surface area contributed by atoms with Crippen LogP contribution in [0.15, 0.2) is 42.6 Å². The van der Waals surface area contributed by atoms with Crippen molar-refractivity contribution in [1.82, 2.24) is 14.8 Å². The Morgan fingerprint density at radius 1 is 1.08 bits per heavy atom. The number of phenols is 1. The molecule has 3 N–H and O–H groups in total. The van der Waals surface area contributed by atoms with Crippen molar-refractivity contribution in [3.63, 3.8) is 0 Å². The number of anilines is 4. The third-order valence-corrected chi connectivity index (χ3v) is 6.83. The van der Waals surface area contributed by atoms with E-state index in [1.807, 2.05) is 18.2 Å². The molecule has 0 spiro atoms. The highest BCUT2D eigenvalue weighted by Gasteiger charge is 2.25. The number of aromatic hydroxyl groups is 1. The molecular weight excluding hydrogens is 483 g/mol. The number of Topliss-reactive ketones (excluding diaryl/α,β-unsaturated/α-hetero) is 1. The van der Waals surface area contributed by atoms with Gasteiger partial charge in [-0.3, -0.25) is 14.6 Å². The van der Waals surface area contributed by atoms with Gasteiger partial charge in [-0.25, -0.2) is 18.2 Å². The van der Waals surface area contributed by atoms with E-state index in [-0.39, 0.29) is 30.2 Å². The molecule has 0 saturated carbocycles. The van der Waals surface area contributed by atoms with Gasteiger partial charge < -0.3 is 15.7 Å². The topological polar surface area (TPSA) is 80.7 Å². The second-order valence-electron chi connectivity index (χ2n) is 9.51. The van der Waals surface area contributed by atoms with Crippen LogP contribution in [0.5, 0.6) is 5.75 Å². The molecule has 2 aliphatic heterocycles. The predicted octanol–water partition coefficient (Wildman–Crippen LogP) is 4.84. The van der Waals surface area contributed by atoms with Crippen LogP contribution < -0.4 is 10.6 Å². The highest BCUT2D eigenvalue weighted by molar-refractivity contribution is 6.09. The lowest BCUT2D eigenvalue weighted by Gasteiger charge is -2.34. The number of piperazine rings is 1. The molecule has 1 aromatic heterocycles. The van der Waals surface area contributed by atoms with E-state index in [0.29, 0.717) is 55.4 Å². The maximum Gasteiger partial charge on any atom is 0.251 e. The Labute approximate surface area is 212 Å². The zero-order chi connectivity index (χ0) is 26.1. The van der Waals surface area contributed by atoms with Gasteiger partial charge in [0.15, 0.2) is 5.78 Å². The first-order chi connectivity index (χ1) is 17.8. The van der Waals surface area contributed by atoms with Gasteiger partial charge in [0.25, 0.3) is 6.43 Å². The lowest BCUT2D eigenvalue weighted by atomic mass is 10.0. The quantitative estimate of drug-likeness (QED) is 0.437. The van der Waals surface area contributed by atoms with E-state index in [2.05, 4.69) is 20.5 Å². The van der Waals surface area contributed by atoms with Gasteiger partial charge in [0.2, 0.25) is 0 Å². The monoisotopic (exact) mass is 511 g/mol. The van der Waals surface area contributed by atoms with Crippen molar-refractivity contribution in [3.8, 4) is 5.75 Å². The minimum atomic E-state index is -2.32. The molecule has 0 atom stereocenters. The zero-order valence-corrected chi connectivity index (χ0v) is 20.4. The number of nitrogens with one attached hydrogen (secondary N) is 2. The third-order valence-electron chi connectivity index (χ3n) is 6.83. The van der Waals surface area contributed by atoms with Crippen molar-refractivity contribution >= 4 is 28.7 Å². The van der Waals surface area contributed by atoms with Gasteiger partial charge in [-0.05, 0) is 41.8 Å². The summed E-state index contributed by atoms with van der Waals surface area (Å²) in [6.07, 6.45) is -0.660. The Kier molecular flexibility index (Phi) is 7.03. The number of alkyl halides is 2. The summed E-state index contributed by atoms with van der Waals surface area (Å²) in [5.74, 6) is -0.401. The summed E-state index contributed by atoms with van der Waals surface area (Å²) in [6, 6.07) is 10.0. The molecule has 10 heteroatoms. The van der Waals surface area contributed by atoms with Crippen LogP contribution in [0.1, 0.15) is 27.0 Å². The second kappa shape index (κ2) is 10.4. The number of pyridine rings is 1. The lowest BCUT2D eigenvalue weighted by molar-refractivity contribution is 0.0543. The molecule has 0 amide bonds. The van der Waals surface area contributed by atoms with Crippen LogP contribution >= 0.6 is 0 Å². The SMILES string of the molecule is Cc1cc(F)c(Nc2ccnc3c2C(=O)Cc2cc(CN4CCN(CC(F)F)CC4)ccc2N3)cc1O. The second-order valence-corrected chi connectivity index (χ2v) is 9.51. The zero-order valence-electron chi connectivity index (χ0n) is 20.4. The van der Waals surface area contributed by atoms with Crippen LogP contribution in [0.3, 0.4) is 0 Å². The standard InChI is InChI=1S/C27H28F3N5O2/c1-16-10-19(28)22(13-23(16)36)32-21-4-5-31-27-26(21)24(37)12-18-11-17(2-3-20(18)33-27)14-34-6-8-35(9-7-34)15-25(29)30/h2-5,10-11,13,25,36H,6-9,12,14-15H2,1H3,(H2,31,32,33). The molecule has 1 fully saturated rings. The number of carbonyl (C=O) groups excluding carboxylic acids is 1. The van der Waals surface area contributed by atoms with Crippen LogP contribution in [0.4, 0.5) is 36.1 Å². The summed E-state index contributed by atoms with van der Waals surface area (Å²) < 4.78 is 39.8. The highest BCUT2D eigenvalue weighted by atomic mass is 19.3.